The monoisotopic (exact) mass is 177 g/mol. The smallest absolute Gasteiger partial charge is 0.467 e. The molecule has 66 valence electrons. The van der Waals surface area contributed by atoms with Gasteiger partial charge in [-0.15, -0.1) is 0 Å². The zero-order valence-electron chi connectivity index (χ0n) is 6.17. The van der Waals surface area contributed by atoms with Crippen LogP contribution < -0.4 is 10.2 Å². The average molecular weight is 177 g/mol. The van der Waals surface area contributed by atoms with Crippen LogP contribution in [0.15, 0.2) is 12.4 Å². The van der Waals surface area contributed by atoms with Gasteiger partial charge in [-0.25, -0.2) is 9.97 Å². The third-order valence-corrected chi connectivity index (χ3v) is 1.21. The molecule has 0 aliphatic rings. The molecule has 0 spiro atoms. The lowest BCUT2D eigenvalue weighted by atomic mass is 9.83. The van der Waals surface area contributed by atoms with Gasteiger partial charge in [0.05, 0.1) is 7.11 Å². The van der Waals surface area contributed by atoms with Gasteiger partial charge in [-0.1, -0.05) is 5.46 Å². The Morgan fingerprint density at radius 1 is 1.25 bits per heavy atom. The predicted octanol–water partition coefficient (Wildman–Crippen LogP) is 0.540. The number of methoxy groups -OCH3 is 1. The van der Waals surface area contributed by atoms with Gasteiger partial charge in [-0.05, 0) is 0 Å². The van der Waals surface area contributed by atoms with Gasteiger partial charge in [0.1, 0.15) is 0 Å². The Hall–Kier alpha value is -1.27. The van der Waals surface area contributed by atoms with Crippen molar-refractivity contribution in [1.29, 1.82) is 0 Å². The summed E-state index contributed by atoms with van der Waals surface area (Å²) in [6, 6.07) is -0.0706. The van der Waals surface area contributed by atoms with Gasteiger partial charge in [0, 0.05) is 12.4 Å². The maximum absolute atomic E-state index is 12.0. The molecule has 12 heavy (non-hydrogen) atoms. The standard InChI is InChI=1S/C5H5BF3N2O/c1-12-5-10-2-4(3-11-5)6(7,8)9/h2-3H,1H3/q-1. The first-order chi connectivity index (χ1) is 5.54. The summed E-state index contributed by atoms with van der Waals surface area (Å²) in [6.45, 7) is -5.01. The first-order valence-corrected chi connectivity index (χ1v) is 3.10. The summed E-state index contributed by atoms with van der Waals surface area (Å²) >= 11 is 0. The minimum absolute atomic E-state index is 0.0706. The molecule has 0 radical (unpaired) electrons. The number of hydrogen-bond donors (Lipinski definition) is 0. The quantitative estimate of drug-likeness (QED) is 0.618. The molecule has 1 aromatic rings. The second-order valence-electron chi connectivity index (χ2n) is 2.08. The predicted molar refractivity (Wildman–Crippen MR) is 37.3 cm³/mol. The van der Waals surface area contributed by atoms with Crippen LogP contribution in [0.5, 0.6) is 6.01 Å². The zero-order valence-corrected chi connectivity index (χ0v) is 6.17. The number of aromatic nitrogens is 2. The summed E-state index contributed by atoms with van der Waals surface area (Å²) in [5, 5.41) is 0. The number of hydrogen-bond acceptors (Lipinski definition) is 3. The Morgan fingerprint density at radius 2 is 1.75 bits per heavy atom. The third-order valence-electron chi connectivity index (χ3n) is 1.21. The highest BCUT2D eigenvalue weighted by Crippen LogP contribution is 2.07. The first-order valence-electron chi connectivity index (χ1n) is 3.10. The minimum Gasteiger partial charge on any atom is -0.467 e. The molecule has 0 unspecified atom stereocenters. The average Bonchev–Trinajstić information content (AvgIpc) is 2.03. The topological polar surface area (TPSA) is 35.0 Å². The van der Waals surface area contributed by atoms with Crippen LogP contribution in [-0.4, -0.2) is 24.1 Å². The van der Waals surface area contributed by atoms with Crippen LogP contribution in [0.4, 0.5) is 12.9 Å². The van der Waals surface area contributed by atoms with Crippen molar-refractivity contribution in [2.75, 3.05) is 7.11 Å². The summed E-state index contributed by atoms with van der Waals surface area (Å²) in [4.78, 5) is 6.65. The molecular formula is C5H5BF3N2O-. The van der Waals surface area contributed by atoms with E-state index in [1.807, 2.05) is 0 Å². The van der Waals surface area contributed by atoms with E-state index in [-0.39, 0.29) is 6.01 Å². The van der Waals surface area contributed by atoms with Crippen molar-refractivity contribution in [2.45, 2.75) is 0 Å². The molecule has 0 aromatic carbocycles. The fourth-order valence-corrected chi connectivity index (χ4v) is 0.601. The fraction of sp³-hybridized carbons (Fsp3) is 0.200. The number of nitrogens with zero attached hydrogens (tertiary/aromatic N) is 2. The normalized spacial score (nSPS) is 11.3. The Kier molecular flexibility index (Phi) is 2.21. The van der Waals surface area contributed by atoms with Gasteiger partial charge in [-0.2, -0.15) is 0 Å². The summed E-state index contributed by atoms with van der Waals surface area (Å²) in [7, 11) is 1.29. The summed E-state index contributed by atoms with van der Waals surface area (Å²) in [5.74, 6) is 0. The number of halogens is 3. The SMILES string of the molecule is COc1ncc([B-](F)(F)F)cn1. The Labute approximate surface area is 66.7 Å². The number of ether oxygens (including phenoxy) is 1. The zero-order chi connectivity index (χ0) is 9.19. The van der Waals surface area contributed by atoms with E-state index in [0.717, 1.165) is 0 Å². The van der Waals surface area contributed by atoms with E-state index in [2.05, 4.69) is 14.7 Å². The van der Waals surface area contributed by atoms with Crippen molar-refractivity contribution < 1.29 is 17.7 Å². The lowest BCUT2D eigenvalue weighted by molar-refractivity contribution is 0.379. The van der Waals surface area contributed by atoms with Crippen LogP contribution in [-0.2, 0) is 0 Å². The van der Waals surface area contributed by atoms with Crippen molar-refractivity contribution in [3.63, 3.8) is 0 Å². The van der Waals surface area contributed by atoms with Crippen molar-refractivity contribution in [3.8, 4) is 6.01 Å². The maximum atomic E-state index is 12.0. The molecule has 0 aliphatic heterocycles. The number of rotatable bonds is 2. The van der Waals surface area contributed by atoms with E-state index in [1.165, 1.54) is 7.11 Å². The molecule has 0 atom stereocenters. The molecule has 0 aliphatic carbocycles. The largest absolute Gasteiger partial charge is 0.512 e. The van der Waals surface area contributed by atoms with Crippen LogP contribution in [0.3, 0.4) is 0 Å². The van der Waals surface area contributed by atoms with Crippen LogP contribution in [0.25, 0.3) is 0 Å². The molecule has 0 amide bonds. The third kappa shape index (κ3) is 1.87. The summed E-state index contributed by atoms with van der Waals surface area (Å²) in [6.07, 6.45) is 1.40. The highest BCUT2D eigenvalue weighted by atomic mass is 19.4. The van der Waals surface area contributed by atoms with Crippen molar-refractivity contribution in [3.05, 3.63) is 12.4 Å². The summed E-state index contributed by atoms with van der Waals surface area (Å²) in [5.41, 5.74) is -0.823. The Morgan fingerprint density at radius 3 is 2.08 bits per heavy atom. The molecule has 1 heterocycles. The molecule has 0 saturated carbocycles. The second-order valence-corrected chi connectivity index (χ2v) is 2.08. The Bertz CT molecular complexity index is 260. The van der Waals surface area contributed by atoms with Gasteiger partial charge in [-0.3, -0.25) is 0 Å². The molecule has 0 N–H and O–H groups in total. The molecule has 0 fully saturated rings. The van der Waals surface area contributed by atoms with Crippen LogP contribution in [0.2, 0.25) is 0 Å². The Balaban J connectivity index is 2.93. The molecular weight excluding hydrogens is 172 g/mol. The van der Waals surface area contributed by atoms with Crippen LogP contribution in [0.1, 0.15) is 0 Å². The summed E-state index contributed by atoms with van der Waals surface area (Å²) < 4.78 is 40.4. The molecule has 1 rings (SSSR count). The highest BCUT2D eigenvalue weighted by Gasteiger charge is 2.26. The van der Waals surface area contributed by atoms with Crippen molar-refractivity contribution >= 4 is 12.4 Å². The highest BCUT2D eigenvalue weighted by molar-refractivity contribution is 6.73. The van der Waals surface area contributed by atoms with E-state index in [0.29, 0.717) is 12.4 Å². The van der Waals surface area contributed by atoms with Crippen molar-refractivity contribution in [2.24, 2.45) is 0 Å². The van der Waals surface area contributed by atoms with E-state index in [1.54, 1.807) is 0 Å². The van der Waals surface area contributed by atoms with E-state index in [4.69, 9.17) is 0 Å². The molecule has 0 bridgehead atoms. The molecule has 3 nitrogen and oxygen atoms in total. The van der Waals surface area contributed by atoms with Gasteiger partial charge >= 0.3 is 13.0 Å². The van der Waals surface area contributed by atoms with Crippen LogP contribution >= 0.6 is 0 Å². The molecule has 1 aromatic heterocycles. The van der Waals surface area contributed by atoms with Gasteiger partial charge in [0.25, 0.3) is 0 Å². The van der Waals surface area contributed by atoms with Gasteiger partial charge < -0.3 is 17.7 Å². The fourth-order valence-electron chi connectivity index (χ4n) is 0.601. The maximum Gasteiger partial charge on any atom is 0.512 e. The van der Waals surface area contributed by atoms with Gasteiger partial charge in [0.2, 0.25) is 0 Å². The second kappa shape index (κ2) is 3.00. The van der Waals surface area contributed by atoms with Crippen molar-refractivity contribution in [1.82, 2.24) is 9.97 Å². The van der Waals surface area contributed by atoms with E-state index >= 15 is 0 Å². The lowest BCUT2D eigenvalue weighted by Gasteiger charge is -2.12. The lowest BCUT2D eigenvalue weighted by Crippen LogP contribution is -2.34. The molecule has 7 heteroatoms. The first kappa shape index (κ1) is 8.83. The van der Waals surface area contributed by atoms with E-state index in [9.17, 15) is 12.9 Å². The van der Waals surface area contributed by atoms with Crippen LogP contribution in [0, 0.1) is 0 Å². The minimum atomic E-state index is -5.01. The molecule has 0 saturated heterocycles. The van der Waals surface area contributed by atoms with Gasteiger partial charge in [0.15, 0.2) is 0 Å². The van der Waals surface area contributed by atoms with E-state index < -0.39 is 12.4 Å².